The first-order valence-corrected chi connectivity index (χ1v) is 7.85. The second-order valence-corrected chi connectivity index (χ2v) is 5.82. The summed E-state index contributed by atoms with van der Waals surface area (Å²) < 4.78 is 1.73. The zero-order chi connectivity index (χ0) is 15.5. The van der Waals surface area contributed by atoms with E-state index >= 15 is 0 Å². The van der Waals surface area contributed by atoms with Crippen molar-refractivity contribution in [2.75, 3.05) is 13.1 Å². The van der Waals surface area contributed by atoms with Crippen LogP contribution in [0.3, 0.4) is 0 Å². The maximum atomic E-state index is 12.1. The second kappa shape index (κ2) is 6.39. The summed E-state index contributed by atoms with van der Waals surface area (Å²) in [5.74, 6) is 0.677. The number of nitrogens with one attached hydrogen (secondary N) is 1. The number of hydrogen-bond acceptors (Lipinski definition) is 5. The predicted octanol–water partition coefficient (Wildman–Crippen LogP) is 1.19. The Morgan fingerprint density at radius 3 is 2.82 bits per heavy atom. The largest absolute Gasteiger partial charge is 0.289 e. The van der Waals surface area contributed by atoms with Crippen molar-refractivity contribution in [3.63, 3.8) is 0 Å². The Hall–Kier alpha value is -2.02. The minimum absolute atomic E-state index is 0.0689. The third-order valence-corrected chi connectivity index (χ3v) is 4.23. The van der Waals surface area contributed by atoms with Gasteiger partial charge in [0, 0.05) is 30.9 Å². The van der Waals surface area contributed by atoms with Crippen molar-refractivity contribution in [3.8, 4) is 0 Å². The molecule has 3 rings (SSSR count). The van der Waals surface area contributed by atoms with Gasteiger partial charge in [-0.25, -0.2) is 14.5 Å². The average molecular weight is 302 g/mol. The Kier molecular flexibility index (Phi) is 4.33. The van der Waals surface area contributed by atoms with Crippen LogP contribution in [-0.2, 0) is 11.2 Å². The van der Waals surface area contributed by atoms with Crippen LogP contribution < -0.4 is 5.43 Å². The fourth-order valence-electron chi connectivity index (χ4n) is 2.99. The van der Waals surface area contributed by atoms with Crippen molar-refractivity contribution in [3.05, 3.63) is 23.3 Å². The second-order valence-electron chi connectivity index (χ2n) is 5.82. The highest BCUT2D eigenvalue weighted by molar-refractivity contribution is 5.75. The summed E-state index contributed by atoms with van der Waals surface area (Å²) in [6, 6.07) is 0. The van der Waals surface area contributed by atoms with Crippen LogP contribution in [0.2, 0.25) is 0 Å². The van der Waals surface area contributed by atoms with Gasteiger partial charge in [-0.05, 0) is 38.7 Å². The van der Waals surface area contributed by atoms with Gasteiger partial charge in [0.15, 0.2) is 0 Å². The van der Waals surface area contributed by atoms with Crippen molar-refractivity contribution in [1.29, 1.82) is 0 Å². The molecule has 0 saturated carbocycles. The van der Waals surface area contributed by atoms with Crippen LogP contribution in [0.4, 0.5) is 0 Å². The third kappa shape index (κ3) is 3.09. The summed E-state index contributed by atoms with van der Waals surface area (Å²) in [6.45, 7) is 5.86. The molecule has 118 valence electrons. The summed E-state index contributed by atoms with van der Waals surface area (Å²) in [6.07, 6.45) is 6.20. The molecule has 0 unspecified atom stereocenters. The van der Waals surface area contributed by atoms with Crippen molar-refractivity contribution < 1.29 is 4.79 Å². The lowest BCUT2D eigenvalue weighted by atomic mass is 10.1. The topological polar surface area (TPSA) is 75.4 Å². The number of hydrogen-bond donors (Lipinski definition) is 1. The zero-order valence-corrected chi connectivity index (χ0v) is 13.2. The van der Waals surface area contributed by atoms with Crippen molar-refractivity contribution in [1.82, 2.24) is 30.0 Å². The molecule has 7 nitrogen and oxygen atoms in total. The lowest BCUT2D eigenvalue weighted by Crippen LogP contribution is -2.45. The van der Waals surface area contributed by atoms with E-state index in [0.717, 1.165) is 42.9 Å². The van der Waals surface area contributed by atoms with Gasteiger partial charge in [0.2, 0.25) is 5.91 Å². The number of fused-ring (bicyclic) bond motifs is 1. The smallest absolute Gasteiger partial charge is 0.252 e. The Morgan fingerprint density at radius 2 is 2.05 bits per heavy atom. The van der Waals surface area contributed by atoms with E-state index in [4.69, 9.17) is 0 Å². The first-order chi connectivity index (χ1) is 10.6. The minimum Gasteiger partial charge on any atom is -0.289 e. The third-order valence-electron chi connectivity index (χ3n) is 4.23. The molecule has 0 atom stereocenters. The maximum absolute atomic E-state index is 12.1. The summed E-state index contributed by atoms with van der Waals surface area (Å²) >= 11 is 0. The molecule has 2 aromatic rings. The zero-order valence-electron chi connectivity index (χ0n) is 13.2. The van der Waals surface area contributed by atoms with Crippen LogP contribution in [-0.4, -0.2) is 43.6 Å². The van der Waals surface area contributed by atoms with E-state index in [0.29, 0.717) is 18.6 Å². The minimum atomic E-state index is 0.0689. The average Bonchev–Trinajstić information content (AvgIpc) is 2.96. The molecule has 1 aliphatic rings. The van der Waals surface area contributed by atoms with Gasteiger partial charge in [-0.3, -0.25) is 10.2 Å². The van der Waals surface area contributed by atoms with Gasteiger partial charge >= 0.3 is 0 Å². The molecule has 7 heteroatoms. The van der Waals surface area contributed by atoms with Gasteiger partial charge in [0.25, 0.3) is 5.78 Å². The monoisotopic (exact) mass is 302 g/mol. The number of nitrogens with zero attached hydrogens (tertiary/aromatic N) is 5. The van der Waals surface area contributed by atoms with E-state index in [9.17, 15) is 4.79 Å². The van der Waals surface area contributed by atoms with Crippen LogP contribution in [0.15, 0.2) is 6.33 Å². The van der Waals surface area contributed by atoms with Crippen molar-refractivity contribution in [2.24, 2.45) is 0 Å². The normalized spacial score (nSPS) is 16.1. The molecule has 3 heterocycles. The molecule has 0 bridgehead atoms. The number of carbonyl (C=O) groups excluding carboxylic acids is 1. The molecular formula is C15H22N6O. The summed E-state index contributed by atoms with van der Waals surface area (Å²) in [5.41, 5.74) is 6.00. The van der Waals surface area contributed by atoms with Crippen molar-refractivity contribution >= 4 is 11.7 Å². The molecule has 0 radical (unpaired) electrons. The Morgan fingerprint density at radius 1 is 1.27 bits per heavy atom. The number of aromatic nitrogens is 4. The Balaban J connectivity index is 1.64. The number of aryl methyl sites for hydroxylation is 2. The van der Waals surface area contributed by atoms with Gasteiger partial charge in [-0.2, -0.15) is 10.1 Å². The predicted molar refractivity (Wildman–Crippen MR) is 82.1 cm³/mol. The standard InChI is InChI=1S/C15H22N6O/c1-11-13(12(2)21-15(18-11)16-10-17-21)6-7-14(22)19-20-8-4-3-5-9-20/h10H,3-9H2,1-2H3,(H,19,22). The van der Waals surface area contributed by atoms with Crippen LogP contribution in [0.1, 0.15) is 42.6 Å². The SMILES string of the molecule is Cc1nc2ncnn2c(C)c1CCC(=O)NN1CCCCC1. The molecule has 0 aliphatic carbocycles. The van der Waals surface area contributed by atoms with Crippen molar-refractivity contribution in [2.45, 2.75) is 46.0 Å². The molecular weight excluding hydrogens is 280 g/mol. The molecule has 1 fully saturated rings. The highest BCUT2D eigenvalue weighted by atomic mass is 16.2. The van der Waals surface area contributed by atoms with Gasteiger partial charge in [-0.15, -0.1) is 0 Å². The van der Waals surface area contributed by atoms with Gasteiger partial charge in [0.05, 0.1) is 0 Å². The van der Waals surface area contributed by atoms with E-state index in [1.807, 2.05) is 18.9 Å². The van der Waals surface area contributed by atoms with Gasteiger partial charge < -0.3 is 0 Å². The van der Waals surface area contributed by atoms with Gasteiger partial charge in [-0.1, -0.05) is 6.42 Å². The lowest BCUT2D eigenvalue weighted by molar-refractivity contribution is -0.126. The molecule has 0 spiro atoms. The first-order valence-electron chi connectivity index (χ1n) is 7.85. The fraction of sp³-hybridized carbons (Fsp3) is 0.600. The quantitative estimate of drug-likeness (QED) is 0.918. The highest BCUT2D eigenvalue weighted by Gasteiger charge is 2.15. The first kappa shape index (κ1) is 14.9. The van der Waals surface area contributed by atoms with Crippen LogP contribution in [0.25, 0.3) is 5.78 Å². The molecule has 1 aliphatic heterocycles. The molecule has 2 aromatic heterocycles. The number of amides is 1. The van der Waals surface area contributed by atoms with Crippen LogP contribution >= 0.6 is 0 Å². The maximum Gasteiger partial charge on any atom is 0.252 e. The summed E-state index contributed by atoms with van der Waals surface area (Å²) in [7, 11) is 0. The number of rotatable bonds is 4. The Labute approximate surface area is 129 Å². The number of carbonyl (C=O) groups is 1. The van der Waals surface area contributed by atoms with Crippen LogP contribution in [0.5, 0.6) is 0 Å². The molecule has 1 N–H and O–H groups in total. The summed E-state index contributed by atoms with van der Waals surface area (Å²) in [5, 5.41) is 6.21. The molecule has 1 saturated heterocycles. The number of hydrazine groups is 1. The summed E-state index contributed by atoms with van der Waals surface area (Å²) in [4.78, 5) is 20.7. The highest BCUT2D eigenvalue weighted by Crippen LogP contribution is 2.15. The molecule has 0 aromatic carbocycles. The number of piperidine rings is 1. The van der Waals surface area contributed by atoms with E-state index in [-0.39, 0.29) is 5.91 Å². The van der Waals surface area contributed by atoms with E-state index < -0.39 is 0 Å². The van der Waals surface area contributed by atoms with Gasteiger partial charge in [0.1, 0.15) is 6.33 Å². The fourth-order valence-corrected chi connectivity index (χ4v) is 2.99. The van der Waals surface area contributed by atoms with E-state index in [2.05, 4.69) is 20.5 Å². The van der Waals surface area contributed by atoms with E-state index in [1.54, 1.807) is 4.52 Å². The van der Waals surface area contributed by atoms with Crippen LogP contribution in [0, 0.1) is 13.8 Å². The Bertz CT molecular complexity index is 674. The molecule has 22 heavy (non-hydrogen) atoms. The lowest BCUT2D eigenvalue weighted by Gasteiger charge is -2.26. The molecule has 1 amide bonds. The van der Waals surface area contributed by atoms with E-state index in [1.165, 1.54) is 12.7 Å².